The van der Waals surface area contributed by atoms with Gasteiger partial charge >= 0.3 is 0 Å². The zero-order valence-corrected chi connectivity index (χ0v) is 18.4. The van der Waals surface area contributed by atoms with Crippen molar-refractivity contribution in [1.82, 2.24) is 9.80 Å². The van der Waals surface area contributed by atoms with Crippen molar-refractivity contribution in [2.24, 2.45) is 0 Å². The highest BCUT2D eigenvalue weighted by Crippen LogP contribution is 2.35. The topological polar surface area (TPSA) is 59.1 Å². The molecule has 6 nitrogen and oxygen atoms in total. The second-order valence-corrected chi connectivity index (χ2v) is 8.26. The first-order valence-electron chi connectivity index (χ1n) is 10.6. The van der Waals surface area contributed by atoms with E-state index in [4.69, 9.17) is 9.47 Å². The Bertz CT molecular complexity index is 1020. The Morgan fingerprint density at radius 3 is 2.26 bits per heavy atom. The third-order valence-corrected chi connectivity index (χ3v) is 5.74. The zero-order chi connectivity index (χ0) is 22.1. The summed E-state index contributed by atoms with van der Waals surface area (Å²) in [6, 6.07) is 15.2. The predicted octanol–water partition coefficient (Wildman–Crippen LogP) is 3.39. The van der Waals surface area contributed by atoms with Crippen molar-refractivity contribution in [3.63, 3.8) is 0 Å². The van der Waals surface area contributed by atoms with E-state index in [2.05, 4.69) is 0 Å². The van der Waals surface area contributed by atoms with Gasteiger partial charge in [-0.3, -0.25) is 14.5 Å². The lowest BCUT2D eigenvalue weighted by Gasteiger charge is -2.37. The van der Waals surface area contributed by atoms with Gasteiger partial charge in [0, 0.05) is 18.7 Å². The summed E-state index contributed by atoms with van der Waals surface area (Å²) in [7, 11) is 1.59. The smallest absolute Gasteiger partial charge is 0.278 e. The Hall–Kier alpha value is -3.12. The van der Waals surface area contributed by atoms with Gasteiger partial charge in [-0.25, -0.2) is 0 Å². The number of morpholine rings is 1. The first-order chi connectivity index (χ1) is 14.9. The van der Waals surface area contributed by atoms with Gasteiger partial charge in [-0.15, -0.1) is 0 Å². The summed E-state index contributed by atoms with van der Waals surface area (Å²) in [5, 5.41) is 0. The quantitative estimate of drug-likeness (QED) is 0.694. The van der Waals surface area contributed by atoms with Gasteiger partial charge in [-0.05, 0) is 32.4 Å². The number of ether oxygens (including phenoxy) is 2. The van der Waals surface area contributed by atoms with Crippen molar-refractivity contribution in [2.45, 2.75) is 39.5 Å². The number of amides is 2. The molecule has 1 fully saturated rings. The number of aryl methyl sites for hydroxylation is 1. The normalized spacial score (nSPS) is 21.8. The summed E-state index contributed by atoms with van der Waals surface area (Å²) in [5.41, 5.74) is 3.57. The average molecular weight is 421 g/mol. The maximum Gasteiger partial charge on any atom is 0.278 e. The highest BCUT2D eigenvalue weighted by atomic mass is 16.5. The zero-order valence-electron chi connectivity index (χ0n) is 18.4. The summed E-state index contributed by atoms with van der Waals surface area (Å²) in [5.74, 6) is 0.108. The molecular formula is C25H28N2O4. The van der Waals surface area contributed by atoms with Gasteiger partial charge in [0.15, 0.2) is 0 Å². The molecule has 2 atom stereocenters. The first kappa shape index (κ1) is 21.1. The molecule has 2 aliphatic heterocycles. The molecule has 0 aromatic heterocycles. The number of rotatable bonds is 5. The highest BCUT2D eigenvalue weighted by Gasteiger charge is 2.43. The molecule has 2 amide bonds. The van der Waals surface area contributed by atoms with E-state index >= 15 is 0 Å². The molecule has 0 aliphatic carbocycles. The number of carbonyl (C=O) groups excluding carboxylic acids is 2. The molecule has 31 heavy (non-hydrogen) atoms. The standard InChI is InChI=1S/C25H28N2O4/c1-16-9-11-19(12-10-16)22-23(26-13-17(2)31-18(3)14-26)25(29)27(24(22)28)15-20-7-5-6-8-21(20)30-4/h5-12,17-18H,13-15H2,1-4H3. The molecule has 2 aliphatic rings. The Morgan fingerprint density at radius 2 is 1.61 bits per heavy atom. The van der Waals surface area contributed by atoms with Crippen LogP contribution in [0, 0.1) is 6.92 Å². The number of carbonyl (C=O) groups is 2. The third-order valence-electron chi connectivity index (χ3n) is 5.74. The van der Waals surface area contributed by atoms with Gasteiger partial charge in [-0.2, -0.15) is 0 Å². The summed E-state index contributed by atoms with van der Waals surface area (Å²) in [6.45, 7) is 7.27. The summed E-state index contributed by atoms with van der Waals surface area (Å²) in [6.07, 6.45) is -0.0524. The SMILES string of the molecule is COc1ccccc1CN1C(=O)C(c2ccc(C)cc2)=C(N2CC(C)OC(C)C2)C1=O. The van der Waals surface area contributed by atoms with Crippen molar-refractivity contribution in [3.05, 3.63) is 70.9 Å². The predicted molar refractivity (Wildman–Crippen MR) is 118 cm³/mol. The lowest BCUT2D eigenvalue weighted by Crippen LogP contribution is -2.46. The maximum atomic E-state index is 13.6. The fraction of sp³-hybridized carbons (Fsp3) is 0.360. The van der Waals surface area contributed by atoms with Crippen molar-refractivity contribution in [1.29, 1.82) is 0 Å². The number of methoxy groups -OCH3 is 1. The molecule has 4 rings (SSSR count). The van der Waals surface area contributed by atoms with Gasteiger partial charge in [0.25, 0.3) is 11.8 Å². The largest absolute Gasteiger partial charge is 0.496 e. The molecular weight excluding hydrogens is 392 g/mol. The highest BCUT2D eigenvalue weighted by molar-refractivity contribution is 6.35. The molecule has 0 N–H and O–H groups in total. The van der Waals surface area contributed by atoms with Gasteiger partial charge in [0.1, 0.15) is 11.4 Å². The monoisotopic (exact) mass is 420 g/mol. The summed E-state index contributed by atoms with van der Waals surface area (Å²) < 4.78 is 11.3. The van der Waals surface area contributed by atoms with Crippen LogP contribution in [0.3, 0.4) is 0 Å². The second-order valence-electron chi connectivity index (χ2n) is 8.26. The fourth-order valence-electron chi connectivity index (χ4n) is 4.35. The minimum absolute atomic E-state index is 0.0262. The molecule has 162 valence electrons. The van der Waals surface area contributed by atoms with E-state index in [0.29, 0.717) is 30.1 Å². The molecule has 2 unspecified atom stereocenters. The molecule has 0 saturated carbocycles. The van der Waals surface area contributed by atoms with Crippen LogP contribution in [0.15, 0.2) is 54.2 Å². The Kier molecular flexibility index (Phi) is 5.83. The number of hydrogen-bond donors (Lipinski definition) is 0. The summed E-state index contributed by atoms with van der Waals surface area (Å²) in [4.78, 5) is 30.5. The molecule has 0 spiro atoms. The molecule has 0 radical (unpaired) electrons. The van der Waals surface area contributed by atoms with Gasteiger partial charge in [0.2, 0.25) is 0 Å². The van der Waals surface area contributed by atoms with E-state index in [-0.39, 0.29) is 30.6 Å². The average Bonchev–Trinajstić information content (AvgIpc) is 2.99. The number of hydrogen-bond acceptors (Lipinski definition) is 5. The molecule has 0 bridgehead atoms. The second kappa shape index (κ2) is 8.55. The van der Waals surface area contributed by atoms with E-state index < -0.39 is 0 Å². The van der Waals surface area contributed by atoms with Crippen LogP contribution >= 0.6 is 0 Å². The first-order valence-corrected chi connectivity index (χ1v) is 10.6. The molecule has 6 heteroatoms. The van der Waals surface area contributed by atoms with E-state index in [1.54, 1.807) is 7.11 Å². The van der Waals surface area contributed by atoms with Crippen molar-refractivity contribution in [3.8, 4) is 5.75 Å². The van der Waals surface area contributed by atoms with Gasteiger partial charge in [0.05, 0.1) is 31.4 Å². The van der Waals surface area contributed by atoms with Gasteiger partial charge in [-0.1, -0.05) is 48.0 Å². The van der Waals surface area contributed by atoms with Crippen LogP contribution in [0.2, 0.25) is 0 Å². The molecule has 1 saturated heterocycles. The number of para-hydroxylation sites is 1. The Morgan fingerprint density at radius 1 is 0.968 bits per heavy atom. The van der Waals surface area contributed by atoms with E-state index in [0.717, 1.165) is 16.7 Å². The van der Waals surface area contributed by atoms with E-state index in [1.165, 1.54) is 4.90 Å². The maximum absolute atomic E-state index is 13.6. The van der Waals surface area contributed by atoms with E-state index in [9.17, 15) is 9.59 Å². The van der Waals surface area contributed by atoms with Crippen LogP contribution < -0.4 is 4.74 Å². The summed E-state index contributed by atoms with van der Waals surface area (Å²) >= 11 is 0. The molecule has 2 aromatic carbocycles. The van der Waals surface area contributed by atoms with Crippen molar-refractivity contribution >= 4 is 17.4 Å². The minimum Gasteiger partial charge on any atom is -0.496 e. The van der Waals surface area contributed by atoms with Crippen molar-refractivity contribution in [2.75, 3.05) is 20.2 Å². The minimum atomic E-state index is -0.276. The van der Waals surface area contributed by atoms with Crippen LogP contribution in [0.5, 0.6) is 5.75 Å². The lowest BCUT2D eigenvalue weighted by atomic mass is 10.0. The molecule has 2 aromatic rings. The fourth-order valence-corrected chi connectivity index (χ4v) is 4.35. The molecule has 2 heterocycles. The Labute approximate surface area is 183 Å². The van der Waals surface area contributed by atoms with Crippen LogP contribution in [-0.2, 0) is 20.9 Å². The van der Waals surface area contributed by atoms with Gasteiger partial charge < -0.3 is 14.4 Å². The lowest BCUT2D eigenvalue weighted by molar-refractivity contribution is -0.139. The van der Waals surface area contributed by atoms with Crippen LogP contribution in [0.4, 0.5) is 0 Å². The van der Waals surface area contributed by atoms with Crippen LogP contribution in [0.1, 0.15) is 30.5 Å². The third kappa shape index (κ3) is 4.08. The van der Waals surface area contributed by atoms with Crippen molar-refractivity contribution < 1.29 is 19.1 Å². The van der Waals surface area contributed by atoms with E-state index in [1.807, 2.05) is 74.2 Å². The number of benzene rings is 2. The Balaban J connectivity index is 1.76. The van der Waals surface area contributed by atoms with Crippen LogP contribution in [0.25, 0.3) is 5.57 Å². The number of nitrogens with zero attached hydrogens (tertiary/aromatic N) is 2. The van der Waals surface area contributed by atoms with Crippen LogP contribution in [-0.4, -0.2) is 54.0 Å². The number of imide groups is 1.